The number of ether oxygens (including phenoxy) is 2. The van der Waals surface area contributed by atoms with Gasteiger partial charge in [0.2, 0.25) is 0 Å². The molecule has 3 N–H and O–H groups in total. The number of nitrogen functional groups attached to an aromatic ring is 1. The average Bonchev–Trinajstić information content (AvgIpc) is 2.76. The Morgan fingerprint density at radius 3 is 1.32 bits per heavy atom. The fraction of sp³-hybridized carbons (Fsp3) is 0. The smallest absolute Gasteiger partial charge is 0.169 e. The normalized spacial score (nSPS) is 10.3. The van der Waals surface area contributed by atoms with Crippen LogP contribution in [0.25, 0.3) is 0 Å². The second kappa shape index (κ2) is 12.0. The molecular formula is C24H15Cl6NO3. The molecular weight excluding hydrogens is 563 g/mol. The Morgan fingerprint density at radius 2 is 0.882 bits per heavy atom. The van der Waals surface area contributed by atoms with Crippen LogP contribution in [0.3, 0.4) is 0 Å². The predicted molar refractivity (Wildman–Crippen MR) is 142 cm³/mol. The van der Waals surface area contributed by atoms with E-state index in [1.54, 1.807) is 66.7 Å². The summed E-state index contributed by atoms with van der Waals surface area (Å²) < 4.78 is 11.0. The third kappa shape index (κ3) is 7.41. The summed E-state index contributed by atoms with van der Waals surface area (Å²) in [6, 6.07) is 19.3. The van der Waals surface area contributed by atoms with Gasteiger partial charge in [-0.25, -0.2) is 0 Å². The van der Waals surface area contributed by atoms with Gasteiger partial charge in [0, 0.05) is 26.2 Å². The molecule has 4 rings (SSSR count). The Balaban J connectivity index is 0.000000191. The van der Waals surface area contributed by atoms with E-state index >= 15 is 0 Å². The zero-order valence-electron chi connectivity index (χ0n) is 17.0. The summed E-state index contributed by atoms with van der Waals surface area (Å²) in [5, 5.41) is 12.5. The Labute approximate surface area is 226 Å². The van der Waals surface area contributed by atoms with Gasteiger partial charge in [-0.2, -0.15) is 0 Å². The van der Waals surface area contributed by atoms with Crippen molar-refractivity contribution in [1.82, 2.24) is 0 Å². The van der Waals surface area contributed by atoms with Gasteiger partial charge in [-0.15, -0.1) is 0 Å². The number of phenolic OH excluding ortho intramolecular Hbond substituents is 1. The minimum absolute atomic E-state index is 0.0523. The van der Waals surface area contributed by atoms with Gasteiger partial charge in [-0.1, -0.05) is 69.6 Å². The Kier molecular flexibility index (Phi) is 9.31. The SMILES string of the molecule is Nc1cc(Cl)ccc1Oc1ccc(Cl)cc1Cl.Oc1cc(Cl)ccc1Oc1ccc(Cl)cc1Cl. The van der Waals surface area contributed by atoms with Gasteiger partial charge < -0.3 is 20.3 Å². The Hall–Kier alpha value is -2.18. The van der Waals surface area contributed by atoms with Crippen molar-refractivity contribution < 1.29 is 14.6 Å². The third-order valence-corrected chi connectivity index (χ3v) is 5.65. The molecule has 34 heavy (non-hydrogen) atoms. The lowest BCUT2D eigenvalue weighted by molar-refractivity contribution is 0.411. The summed E-state index contributed by atoms with van der Waals surface area (Å²) in [5.41, 5.74) is 6.22. The van der Waals surface area contributed by atoms with Gasteiger partial charge in [-0.3, -0.25) is 0 Å². The van der Waals surface area contributed by atoms with Crippen LogP contribution < -0.4 is 15.2 Å². The quantitative estimate of drug-likeness (QED) is 0.237. The zero-order valence-corrected chi connectivity index (χ0v) is 21.6. The van der Waals surface area contributed by atoms with Crippen LogP contribution in [-0.2, 0) is 0 Å². The minimum Gasteiger partial charge on any atom is -0.504 e. The number of rotatable bonds is 4. The highest BCUT2D eigenvalue weighted by molar-refractivity contribution is 6.36. The lowest BCUT2D eigenvalue weighted by Crippen LogP contribution is -1.92. The molecule has 0 heterocycles. The molecule has 4 aromatic carbocycles. The van der Waals surface area contributed by atoms with E-state index in [9.17, 15) is 5.11 Å². The van der Waals surface area contributed by atoms with Crippen LogP contribution in [0.4, 0.5) is 5.69 Å². The Bertz CT molecular complexity index is 1120. The maximum absolute atomic E-state index is 9.62. The van der Waals surface area contributed by atoms with E-state index < -0.39 is 0 Å². The van der Waals surface area contributed by atoms with E-state index in [0.29, 0.717) is 53.1 Å². The first-order valence-corrected chi connectivity index (χ1v) is 11.7. The summed E-state index contributed by atoms with van der Waals surface area (Å²) in [7, 11) is 0. The highest BCUT2D eigenvalue weighted by atomic mass is 35.5. The molecule has 0 aliphatic carbocycles. The van der Waals surface area contributed by atoms with Crippen LogP contribution in [0.1, 0.15) is 0 Å². The first-order valence-electron chi connectivity index (χ1n) is 9.41. The molecule has 0 unspecified atom stereocenters. The van der Waals surface area contributed by atoms with Crippen molar-refractivity contribution in [3.63, 3.8) is 0 Å². The molecule has 0 atom stereocenters. The first-order chi connectivity index (χ1) is 16.1. The number of aromatic hydroxyl groups is 1. The van der Waals surface area contributed by atoms with Gasteiger partial charge in [0.25, 0.3) is 0 Å². The average molecular weight is 578 g/mol. The van der Waals surface area contributed by atoms with Gasteiger partial charge in [-0.05, 0) is 66.7 Å². The topological polar surface area (TPSA) is 64.7 Å². The molecule has 0 spiro atoms. The van der Waals surface area contributed by atoms with Crippen LogP contribution in [0.2, 0.25) is 30.1 Å². The molecule has 0 amide bonds. The van der Waals surface area contributed by atoms with Crippen molar-refractivity contribution in [3.05, 3.63) is 103 Å². The van der Waals surface area contributed by atoms with E-state index in [1.807, 2.05) is 0 Å². The number of halogens is 6. The monoisotopic (exact) mass is 575 g/mol. The molecule has 176 valence electrons. The van der Waals surface area contributed by atoms with Crippen molar-refractivity contribution >= 4 is 75.3 Å². The number of nitrogens with two attached hydrogens (primary N) is 1. The van der Waals surface area contributed by atoms with Crippen LogP contribution >= 0.6 is 69.6 Å². The van der Waals surface area contributed by atoms with E-state index in [1.165, 1.54) is 6.07 Å². The van der Waals surface area contributed by atoms with Crippen LogP contribution in [0.5, 0.6) is 28.7 Å². The highest BCUT2D eigenvalue weighted by Crippen LogP contribution is 2.37. The Morgan fingerprint density at radius 1 is 0.500 bits per heavy atom. The summed E-state index contributed by atoms with van der Waals surface area (Å²) in [5.74, 6) is 1.62. The van der Waals surface area contributed by atoms with Crippen molar-refractivity contribution in [2.24, 2.45) is 0 Å². The molecule has 0 aliphatic heterocycles. The van der Waals surface area contributed by atoms with E-state index in [0.717, 1.165) is 0 Å². The fourth-order valence-electron chi connectivity index (χ4n) is 2.54. The second-order valence-electron chi connectivity index (χ2n) is 6.65. The first kappa shape index (κ1) is 26.4. The maximum atomic E-state index is 9.62. The summed E-state index contributed by atoms with van der Waals surface area (Å²) >= 11 is 35.0. The van der Waals surface area contributed by atoms with Gasteiger partial charge in [0.05, 0.1) is 15.7 Å². The molecule has 0 aromatic heterocycles. The largest absolute Gasteiger partial charge is 0.504 e. The van der Waals surface area contributed by atoms with Gasteiger partial charge in [0.15, 0.2) is 11.5 Å². The molecule has 0 saturated heterocycles. The molecule has 0 bridgehead atoms. The molecule has 4 aromatic rings. The third-order valence-electron chi connectivity index (χ3n) is 4.12. The highest BCUT2D eigenvalue weighted by Gasteiger charge is 2.09. The van der Waals surface area contributed by atoms with Gasteiger partial charge in [0.1, 0.15) is 17.2 Å². The van der Waals surface area contributed by atoms with E-state index in [2.05, 4.69) is 0 Å². The molecule has 0 aliphatic rings. The maximum Gasteiger partial charge on any atom is 0.169 e. The second-order valence-corrected chi connectivity index (χ2v) is 9.21. The van der Waals surface area contributed by atoms with Crippen LogP contribution in [0, 0.1) is 0 Å². The number of benzene rings is 4. The van der Waals surface area contributed by atoms with Gasteiger partial charge >= 0.3 is 0 Å². The van der Waals surface area contributed by atoms with Crippen LogP contribution in [0.15, 0.2) is 72.8 Å². The van der Waals surface area contributed by atoms with E-state index in [4.69, 9.17) is 84.8 Å². The standard InChI is InChI=1S/C12H8Cl3NO.C12H7Cl3O2/c2*13-7-1-3-11(9(15)5-7)17-12-4-2-8(14)6-10(12)16/h1-6H,16H2;1-6,16H. The minimum atomic E-state index is -0.0523. The fourth-order valence-corrected chi connectivity index (χ4v) is 3.78. The van der Waals surface area contributed by atoms with Crippen molar-refractivity contribution in [1.29, 1.82) is 0 Å². The summed E-state index contributed by atoms with van der Waals surface area (Å²) in [4.78, 5) is 0. The molecule has 0 fully saturated rings. The van der Waals surface area contributed by atoms with E-state index in [-0.39, 0.29) is 11.5 Å². The lowest BCUT2D eigenvalue weighted by Gasteiger charge is -2.10. The number of hydrogen-bond acceptors (Lipinski definition) is 4. The number of phenols is 1. The van der Waals surface area contributed by atoms with Crippen LogP contribution in [-0.4, -0.2) is 5.11 Å². The molecule has 10 heteroatoms. The van der Waals surface area contributed by atoms with Crippen molar-refractivity contribution in [3.8, 4) is 28.7 Å². The number of anilines is 1. The molecule has 0 radical (unpaired) electrons. The lowest BCUT2D eigenvalue weighted by atomic mass is 10.3. The summed E-state index contributed by atoms with van der Waals surface area (Å²) in [6.45, 7) is 0. The predicted octanol–water partition coefficient (Wildman–Crippen LogP) is 10.2. The molecule has 4 nitrogen and oxygen atoms in total. The number of hydrogen-bond donors (Lipinski definition) is 2. The zero-order chi connectivity index (χ0) is 24.8. The summed E-state index contributed by atoms with van der Waals surface area (Å²) in [6.07, 6.45) is 0. The van der Waals surface area contributed by atoms with Crippen molar-refractivity contribution in [2.45, 2.75) is 0 Å². The molecule has 0 saturated carbocycles. The van der Waals surface area contributed by atoms with Crippen molar-refractivity contribution in [2.75, 3.05) is 5.73 Å².